The Hall–Kier alpha value is -5.45. The van der Waals surface area contributed by atoms with Crippen molar-refractivity contribution in [3.8, 4) is 23.0 Å². The van der Waals surface area contributed by atoms with Crippen LogP contribution >= 0.6 is 0 Å². The van der Waals surface area contributed by atoms with Crippen LogP contribution in [-0.2, 0) is 33.8 Å². The average molecular weight is 680 g/mol. The Morgan fingerprint density at radius 3 is 2.32 bits per heavy atom. The Morgan fingerprint density at radius 1 is 0.840 bits per heavy atom. The maximum Gasteiger partial charge on any atom is 0.329 e. The van der Waals surface area contributed by atoms with Crippen LogP contribution in [0.1, 0.15) is 64.4 Å². The van der Waals surface area contributed by atoms with E-state index in [1.807, 2.05) is 48.7 Å². The zero-order chi connectivity index (χ0) is 35.0. The van der Waals surface area contributed by atoms with Gasteiger partial charge in [-0.25, -0.2) is 4.79 Å². The van der Waals surface area contributed by atoms with E-state index in [0.717, 1.165) is 41.5 Å². The fourth-order valence-corrected chi connectivity index (χ4v) is 6.83. The van der Waals surface area contributed by atoms with Crippen molar-refractivity contribution < 1.29 is 38.1 Å². The summed E-state index contributed by atoms with van der Waals surface area (Å²) in [6, 6.07) is 15.6. The molecule has 0 bridgehead atoms. The lowest BCUT2D eigenvalue weighted by Gasteiger charge is -2.38. The maximum absolute atomic E-state index is 14.2. The van der Waals surface area contributed by atoms with Gasteiger partial charge in [0.25, 0.3) is 11.7 Å². The van der Waals surface area contributed by atoms with Crippen LogP contribution in [0.4, 0.5) is 0 Å². The highest BCUT2D eigenvalue weighted by atomic mass is 16.5. The van der Waals surface area contributed by atoms with Crippen molar-refractivity contribution in [3.63, 3.8) is 0 Å². The topological polar surface area (TPSA) is 126 Å². The third-order valence-electron chi connectivity index (χ3n) is 9.41. The number of rotatable bonds is 12. The molecule has 1 amide bonds. The zero-order valence-electron chi connectivity index (χ0n) is 28.5. The van der Waals surface area contributed by atoms with E-state index in [1.54, 1.807) is 18.6 Å². The number of fused-ring (bicyclic) bond motifs is 1. The van der Waals surface area contributed by atoms with E-state index in [2.05, 4.69) is 9.97 Å². The summed E-state index contributed by atoms with van der Waals surface area (Å²) < 4.78 is 28.8. The normalized spacial score (nSPS) is 18.4. The SMILES string of the molecule is COc1cc(C(=O)C(=O)N2CCCC[C@H]2C(=O)O[C@@H]2c3cc(OCc4ccncc4)ccc3CC[C@@H]2Cc2cccnc2)cc(OC)c1OC. The summed E-state index contributed by atoms with van der Waals surface area (Å²) in [5, 5.41) is 0. The van der Waals surface area contributed by atoms with Gasteiger partial charge in [-0.15, -0.1) is 0 Å². The van der Waals surface area contributed by atoms with Crippen molar-refractivity contribution in [1.82, 2.24) is 14.9 Å². The maximum atomic E-state index is 14.2. The molecule has 1 aliphatic carbocycles. The number of piperidine rings is 1. The van der Waals surface area contributed by atoms with Crippen LogP contribution in [0, 0.1) is 5.92 Å². The molecule has 3 heterocycles. The number of likely N-dealkylation sites (tertiary alicyclic amines) is 1. The van der Waals surface area contributed by atoms with Gasteiger partial charge in [0.1, 0.15) is 24.5 Å². The standard InChI is InChI=1S/C39H41N3O8/c1-46-33-20-29(21-34(47-2)37(33)48-3)35(43)38(44)42-18-5-4-8-32(42)39(45)50-36-28(19-26-7-6-15-41-23-26)10-9-27-11-12-30(22-31(27)36)49-24-25-13-16-40-17-14-25/h6-7,11-17,20-23,28,32,36H,4-5,8-10,18-19,24H2,1-3H3/t28-,32+,36+/m1/s1. The number of esters is 1. The molecule has 1 fully saturated rings. The minimum atomic E-state index is -0.919. The van der Waals surface area contributed by atoms with Crippen molar-refractivity contribution in [1.29, 1.82) is 0 Å². The van der Waals surface area contributed by atoms with Crippen molar-refractivity contribution in [2.75, 3.05) is 27.9 Å². The van der Waals surface area contributed by atoms with Crippen LogP contribution in [0.25, 0.3) is 0 Å². The van der Waals surface area contributed by atoms with Crippen molar-refractivity contribution in [3.05, 3.63) is 107 Å². The summed E-state index contributed by atoms with van der Waals surface area (Å²) >= 11 is 0. The summed E-state index contributed by atoms with van der Waals surface area (Å²) in [5.74, 6) is -0.685. The van der Waals surface area contributed by atoms with Crippen molar-refractivity contribution >= 4 is 17.7 Å². The predicted octanol–water partition coefficient (Wildman–Crippen LogP) is 5.73. The minimum Gasteiger partial charge on any atom is -0.493 e. The lowest BCUT2D eigenvalue weighted by Crippen LogP contribution is -2.51. The van der Waals surface area contributed by atoms with Crippen molar-refractivity contribution in [2.45, 2.75) is 57.3 Å². The van der Waals surface area contributed by atoms with E-state index in [1.165, 1.54) is 38.4 Å². The monoisotopic (exact) mass is 679 g/mol. The first kappa shape index (κ1) is 34.4. The van der Waals surface area contributed by atoms with E-state index < -0.39 is 29.8 Å². The van der Waals surface area contributed by atoms with Crippen LogP contribution in [0.15, 0.2) is 79.4 Å². The fraction of sp³-hybridized carbons (Fsp3) is 0.359. The molecule has 0 spiro atoms. The summed E-state index contributed by atoms with van der Waals surface area (Å²) in [4.78, 5) is 51.4. The highest BCUT2D eigenvalue weighted by Gasteiger charge is 2.40. The number of ketones is 1. The minimum absolute atomic E-state index is 0.0419. The predicted molar refractivity (Wildman–Crippen MR) is 183 cm³/mol. The highest BCUT2D eigenvalue weighted by Crippen LogP contribution is 2.42. The molecule has 0 radical (unpaired) electrons. The number of pyridine rings is 2. The number of carbonyl (C=O) groups excluding carboxylic acids is 3. The van der Waals surface area contributed by atoms with Gasteiger partial charge in [-0.3, -0.25) is 19.6 Å². The van der Waals surface area contributed by atoms with Gasteiger partial charge in [0, 0.05) is 42.8 Å². The zero-order valence-corrected chi connectivity index (χ0v) is 28.5. The molecule has 6 rings (SSSR count). The summed E-state index contributed by atoms with van der Waals surface area (Å²) in [5.41, 5.74) is 4.05. The van der Waals surface area contributed by atoms with E-state index in [-0.39, 0.29) is 29.5 Å². The lowest BCUT2D eigenvalue weighted by molar-refractivity contribution is -0.163. The second kappa shape index (κ2) is 15.8. The summed E-state index contributed by atoms with van der Waals surface area (Å²) in [7, 11) is 4.33. The number of aryl methyl sites for hydroxylation is 1. The Morgan fingerprint density at radius 2 is 1.62 bits per heavy atom. The molecule has 0 saturated carbocycles. The number of carbonyl (C=O) groups is 3. The lowest BCUT2D eigenvalue weighted by atomic mass is 9.78. The molecule has 11 heteroatoms. The highest BCUT2D eigenvalue weighted by molar-refractivity contribution is 6.43. The second-order valence-corrected chi connectivity index (χ2v) is 12.5. The van der Waals surface area contributed by atoms with E-state index in [4.69, 9.17) is 23.7 Å². The molecule has 1 saturated heterocycles. The molecule has 260 valence electrons. The van der Waals surface area contributed by atoms with Crippen LogP contribution in [-0.4, -0.2) is 66.4 Å². The second-order valence-electron chi connectivity index (χ2n) is 12.5. The van der Waals surface area contributed by atoms with Gasteiger partial charge in [0.2, 0.25) is 5.75 Å². The molecule has 1 aliphatic heterocycles. The molecular weight excluding hydrogens is 638 g/mol. The number of benzene rings is 2. The first-order valence-electron chi connectivity index (χ1n) is 16.8. The molecule has 0 N–H and O–H groups in total. The van der Waals surface area contributed by atoms with Gasteiger partial charge in [-0.05, 0) is 103 Å². The van der Waals surface area contributed by atoms with Crippen molar-refractivity contribution in [2.24, 2.45) is 5.92 Å². The number of hydrogen-bond donors (Lipinski definition) is 0. The smallest absolute Gasteiger partial charge is 0.329 e. The third kappa shape index (κ3) is 7.56. The van der Waals surface area contributed by atoms with Gasteiger partial charge >= 0.3 is 5.97 Å². The first-order chi connectivity index (χ1) is 24.4. The molecular formula is C39H41N3O8. The number of aromatic nitrogens is 2. The van der Waals surface area contributed by atoms with E-state index >= 15 is 0 Å². The quantitative estimate of drug-likeness (QED) is 0.104. The van der Waals surface area contributed by atoms with Crippen LogP contribution in [0.3, 0.4) is 0 Å². The van der Waals surface area contributed by atoms with E-state index in [0.29, 0.717) is 37.4 Å². The number of Topliss-reactive ketones (excluding diaryl/α,β-unsaturated/α-hetero) is 1. The summed E-state index contributed by atoms with van der Waals surface area (Å²) in [6.45, 7) is 0.617. The molecule has 3 atom stereocenters. The van der Waals surface area contributed by atoms with Gasteiger partial charge < -0.3 is 28.6 Å². The Kier molecular flexibility index (Phi) is 10.9. The first-order valence-corrected chi connectivity index (χ1v) is 16.8. The fourth-order valence-electron chi connectivity index (χ4n) is 6.83. The number of hydrogen-bond acceptors (Lipinski definition) is 10. The average Bonchev–Trinajstić information content (AvgIpc) is 3.17. The number of methoxy groups -OCH3 is 3. The van der Waals surface area contributed by atoms with Gasteiger partial charge in [0.05, 0.1) is 21.3 Å². The van der Waals surface area contributed by atoms with E-state index in [9.17, 15) is 14.4 Å². The van der Waals surface area contributed by atoms with Gasteiger partial charge in [-0.1, -0.05) is 12.1 Å². The Labute approximate surface area is 291 Å². The Balaban J connectivity index is 1.26. The molecule has 2 aliphatic rings. The molecule has 2 aromatic carbocycles. The number of ether oxygens (including phenoxy) is 5. The van der Waals surface area contributed by atoms with Gasteiger partial charge in [0.15, 0.2) is 11.5 Å². The molecule has 2 aromatic heterocycles. The molecule has 50 heavy (non-hydrogen) atoms. The summed E-state index contributed by atoms with van der Waals surface area (Å²) in [6.07, 6.45) is 10.4. The van der Waals surface area contributed by atoms with Crippen LogP contribution < -0.4 is 18.9 Å². The van der Waals surface area contributed by atoms with Gasteiger partial charge in [-0.2, -0.15) is 0 Å². The number of amides is 1. The Bertz CT molecular complexity index is 1790. The van der Waals surface area contributed by atoms with Crippen LogP contribution in [0.2, 0.25) is 0 Å². The molecule has 0 unspecified atom stereocenters. The number of nitrogens with zero attached hydrogens (tertiary/aromatic N) is 3. The molecule has 11 nitrogen and oxygen atoms in total. The molecule has 4 aromatic rings. The van der Waals surface area contributed by atoms with Crippen LogP contribution in [0.5, 0.6) is 23.0 Å². The largest absolute Gasteiger partial charge is 0.493 e. The third-order valence-corrected chi connectivity index (χ3v) is 9.41.